The molecule has 6 nitrogen and oxygen atoms in total. The monoisotopic (exact) mass is 381 g/mol. The van der Waals surface area contributed by atoms with Gasteiger partial charge in [0.25, 0.3) is 0 Å². The van der Waals surface area contributed by atoms with Gasteiger partial charge < -0.3 is 19.6 Å². The van der Waals surface area contributed by atoms with Gasteiger partial charge in [0.2, 0.25) is 5.71 Å². The first-order valence-electron chi connectivity index (χ1n) is 8.21. The lowest BCUT2D eigenvalue weighted by Crippen LogP contribution is -1.96. The van der Waals surface area contributed by atoms with Gasteiger partial charge in [-0.2, -0.15) is 0 Å². The number of halogens is 1. The second-order valence-electron chi connectivity index (χ2n) is 5.98. The van der Waals surface area contributed by atoms with E-state index < -0.39 is 0 Å². The largest absolute Gasteiger partial charge is 0.504 e. The zero-order valence-electron chi connectivity index (χ0n) is 14.7. The van der Waals surface area contributed by atoms with Crippen LogP contribution in [-0.4, -0.2) is 22.2 Å². The number of aromatic nitrogens is 2. The summed E-state index contributed by atoms with van der Waals surface area (Å²) in [5.74, 6) is 1.74. The van der Waals surface area contributed by atoms with Crippen molar-refractivity contribution < 1.29 is 14.3 Å². The highest BCUT2D eigenvalue weighted by molar-refractivity contribution is 6.30. The average Bonchev–Trinajstić information content (AvgIpc) is 3.00. The van der Waals surface area contributed by atoms with Gasteiger partial charge in [-0.05, 0) is 43.3 Å². The van der Waals surface area contributed by atoms with Gasteiger partial charge in [-0.15, -0.1) is 0 Å². The van der Waals surface area contributed by atoms with E-state index in [-0.39, 0.29) is 5.75 Å². The number of aromatic hydroxyl groups is 1. The van der Waals surface area contributed by atoms with E-state index in [9.17, 15) is 5.11 Å². The molecule has 0 aliphatic carbocycles. The molecule has 0 aliphatic heterocycles. The first-order valence-corrected chi connectivity index (χ1v) is 8.58. The number of rotatable bonds is 4. The van der Waals surface area contributed by atoms with Gasteiger partial charge in [0, 0.05) is 27.9 Å². The van der Waals surface area contributed by atoms with E-state index >= 15 is 0 Å². The summed E-state index contributed by atoms with van der Waals surface area (Å²) in [6.07, 6.45) is 1.43. The van der Waals surface area contributed by atoms with Gasteiger partial charge in [0.15, 0.2) is 11.5 Å². The summed E-state index contributed by atoms with van der Waals surface area (Å²) in [7, 11) is 1.50. The Balaban J connectivity index is 1.78. The van der Waals surface area contributed by atoms with Gasteiger partial charge >= 0.3 is 0 Å². The molecule has 0 radical (unpaired) electrons. The summed E-state index contributed by atoms with van der Waals surface area (Å²) in [6.45, 7) is 1.95. The summed E-state index contributed by atoms with van der Waals surface area (Å²) < 4.78 is 11.0. The maximum absolute atomic E-state index is 9.99. The first-order chi connectivity index (χ1) is 13.1. The maximum Gasteiger partial charge on any atom is 0.232 e. The Morgan fingerprint density at radius 2 is 1.89 bits per heavy atom. The summed E-state index contributed by atoms with van der Waals surface area (Å²) in [6, 6.07) is 12.5. The Kier molecular flexibility index (Phi) is 4.33. The molecule has 0 saturated carbocycles. The molecule has 2 N–H and O–H groups in total. The Morgan fingerprint density at radius 1 is 1.11 bits per heavy atom. The molecule has 0 fully saturated rings. The van der Waals surface area contributed by atoms with E-state index in [1.54, 1.807) is 18.2 Å². The average molecular weight is 382 g/mol. The highest BCUT2D eigenvalue weighted by Gasteiger charge is 2.18. The van der Waals surface area contributed by atoms with Crippen LogP contribution in [0.1, 0.15) is 5.56 Å². The van der Waals surface area contributed by atoms with Crippen molar-refractivity contribution in [3.05, 3.63) is 59.4 Å². The molecule has 0 amide bonds. The molecular formula is C20H16ClN3O3. The van der Waals surface area contributed by atoms with Gasteiger partial charge in [-0.25, -0.2) is 9.97 Å². The molecular weight excluding hydrogens is 366 g/mol. The van der Waals surface area contributed by atoms with Crippen molar-refractivity contribution in [3.8, 4) is 22.8 Å². The zero-order chi connectivity index (χ0) is 19.0. The number of hydrogen-bond acceptors (Lipinski definition) is 6. The summed E-state index contributed by atoms with van der Waals surface area (Å²) >= 11 is 5.98. The summed E-state index contributed by atoms with van der Waals surface area (Å²) in [4.78, 5) is 8.58. The lowest BCUT2D eigenvalue weighted by Gasteiger charge is -2.09. The number of methoxy groups -OCH3 is 1. The first kappa shape index (κ1) is 17.2. The number of nitrogens with one attached hydrogen (secondary N) is 1. The van der Waals surface area contributed by atoms with Crippen LogP contribution >= 0.6 is 11.6 Å². The van der Waals surface area contributed by atoms with Crippen molar-refractivity contribution in [1.29, 1.82) is 0 Å². The van der Waals surface area contributed by atoms with E-state index in [4.69, 9.17) is 20.8 Å². The minimum absolute atomic E-state index is 0.0403. The van der Waals surface area contributed by atoms with E-state index in [1.807, 2.05) is 31.2 Å². The second-order valence-corrected chi connectivity index (χ2v) is 6.41. The molecule has 2 aromatic carbocycles. The van der Waals surface area contributed by atoms with E-state index in [0.717, 1.165) is 16.5 Å². The van der Waals surface area contributed by atoms with Crippen LogP contribution in [0.15, 0.2) is 53.2 Å². The predicted molar refractivity (Wildman–Crippen MR) is 105 cm³/mol. The SMILES string of the molecule is COc1ccc(Nc2ncnc3oc(-c4ccc(Cl)cc4)c(C)c23)cc1O. The molecule has 2 aromatic heterocycles. The van der Waals surface area contributed by atoms with E-state index in [2.05, 4.69) is 15.3 Å². The van der Waals surface area contributed by atoms with Crippen molar-refractivity contribution in [3.63, 3.8) is 0 Å². The fourth-order valence-corrected chi connectivity index (χ4v) is 3.07. The molecule has 0 bridgehead atoms. The lowest BCUT2D eigenvalue weighted by atomic mass is 10.1. The van der Waals surface area contributed by atoms with Crippen molar-refractivity contribution in [2.75, 3.05) is 12.4 Å². The predicted octanol–water partition coefficient (Wildman–Crippen LogP) is 5.31. The number of ether oxygens (including phenoxy) is 1. The number of furan rings is 1. The molecule has 0 unspecified atom stereocenters. The van der Waals surface area contributed by atoms with Crippen molar-refractivity contribution in [2.45, 2.75) is 6.92 Å². The van der Waals surface area contributed by atoms with Crippen LogP contribution in [0.5, 0.6) is 11.5 Å². The van der Waals surface area contributed by atoms with Gasteiger partial charge in [0.1, 0.15) is 17.9 Å². The summed E-state index contributed by atoms with van der Waals surface area (Å²) in [5, 5.41) is 14.6. The molecule has 4 aromatic rings. The minimum atomic E-state index is 0.0403. The van der Waals surface area contributed by atoms with E-state index in [0.29, 0.717) is 33.8 Å². The number of benzene rings is 2. The normalized spacial score (nSPS) is 10.9. The van der Waals surface area contributed by atoms with Crippen LogP contribution in [-0.2, 0) is 0 Å². The standard InChI is InChI=1S/C20H16ClN3O3/c1-11-17-19(24-14-7-8-16(26-2)15(25)9-14)22-10-23-20(17)27-18(11)12-3-5-13(21)6-4-12/h3-10,25H,1-2H3,(H,22,23,24). The van der Waals surface area contributed by atoms with Gasteiger partial charge in [-0.1, -0.05) is 11.6 Å². The van der Waals surface area contributed by atoms with Crippen LogP contribution in [0, 0.1) is 6.92 Å². The molecule has 0 saturated heterocycles. The van der Waals surface area contributed by atoms with Crippen molar-refractivity contribution >= 4 is 34.2 Å². The molecule has 136 valence electrons. The van der Waals surface area contributed by atoms with Gasteiger partial charge in [-0.3, -0.25) is 0 Å². The third kappa shape index (κ3) is 3.15. The number of hydrogen-bond donors (Lipinski definition) is 2. The smallest absolute Gasteiger partial charge is 0.232 e. The maximum atomic E-state index is 9.99. The number of anilines is 2. The molecule has 2 heterocycles. The number of phenolic OH excluding ortho intramolecular Hbond substituents is 1. The molecule has 7 heteroatoms. The lowest BCUT2D eigenvalue weighted by molar-refractivity contribution is 0.373. The molecule has 4 rings (SSSR count). The summed E-state index contributed by atoms with van der Waals surface area (Å²) in [5.41, 5.74) is 2.96. The Hall–Kier alpha value is -3.25. The highest BCUT2D eigenvalue weighted by atomic mass is 35.5. The number of nitrogens with zero attached hydrogens (tertiary/aromatic N) is 2. The van der Waals surface area contributed by atoms with E-state index in [1.165, 1.54) is 13.4 Å². The van der Waals surface area contributed by atoms with Crippen LogP contribution in [0.25, 0.3) is 22.4 Å². The minimum Gasteiger partial charge on any atom is -0.504 e. The Bertz CT molecular complexity index is 1120. The second kappa shape index (κ2) is 6.81. The number of aryl methyl sites for hydroxylation is 1. The topological polar surface area (TPSA) is 80.4 Å². The fraction of sp³-hybridized carbons (Fsp3) is 0.100. The van der Waals surface area contributed by atoms with Crippen LogP contribution < -0.4 is 10.1 Å². The Labute approximate surface area is 160 Å². The molecule has 0 atom stereocenters. The van der Waals surface area contributed by atoms with Crippen molar-refractivity contribution in [1.82, 2.24) is 9.97 Å². The molecule has 0 aliphatic rings. The number of phenols is 1. The highest BCUT2D eigenvalue weighted by Crippen LogP contribution is 2.37. The molecule has 0 spiro atoms. The van der Waals surface area contributed by atoms with Crippen LogP contribution in [0.4, 0.5) is 11.5 Å². The molecule has 27 heavy (non-hydrogen) atoms. The fourth-order valence-electron chi connectivity index (χ4n) is 2.95. The van der Waals surface area contributed by atoms with Gasteiger partial charge in [0.05, 0.1) is 12.5 Å². The van der Waals surface area contributed by atoms with Crippen molar-refractivity contribution in [2.24, 2.45) is 0 Å². The third-order valence-electron chi connectivity index (χ3n) is 4.27. The van der Waals surface area contributed by atoms with Crippen LogP contribution in [0.2, 0.25) is 5.02 Å². The van der Waals surface area contributed by atoms with Crippen LogP contribution in [0.3, 0.4) is 0 Å². The third-order valence-corrected chi connectivity index (χ3v) is 4.53. The number of fused-ring (bicyclic) bond motifs is 1. The quantitative estimate of drug-likeness (QED) is 0.498. The zero-order valence-corrected chi connectivity index (χ0v) is 15.4. The Morgan fingerprint density at radius 3 is 2.59 bits per heavy atom.